The van der Waals surface area contributed by atoms with E-state index in [0.717, 1.165) is 25.7 Å². The Morgan fingerprint density at radius 3 is 1.38 bits per heavy atom. The average Bonchev–Trinajstić information content (AvgIpc) is 2.59. The van der Waals surface area contributed by atoms with E-state index in [9.17, 15) is 19.2 Å². The topological polar surface area (TPSA) is 151 Å². The predicted octanol–water partition coefficient (Wildman–Crippen LogP) is -2.15. The molecule has 0 aromatic rings. The Morgan fingerprint density at radius 2 is 1.04 bits per heavy atom. The Morgan fingerprint density at radius 1 is 0.667 bits per heavy atom. The first-order valence-corrected chi connectivity index (χ1v) is 7.56. The molecule has 0 saturated heterocycles. The summed E-state index contributed by atoms with van der Waals surface area (Å²) < 4.78 is 8.88. The number of carbonyl (C=O) groups is 4. The molecule has 0 heterocycles. The van der Waals surface area contributed by atoms with Gasteiger partial charge in [0.1, 0.15) is 13.2 Å². The number of rotatable bonds is 13. The molecule has 10 nitrogen and oxygen atoms in total. The molecular weight excluding hydrogens is 324 g/mol. The molecule has 10 heteroatoms. The fraction of sp³-hybridized carbons (Fsp3) is 0.714. The van der Waals surface area contributed by atoms with Gasteiger partial charge < -0.3 is 30.3 Å². The summed E-state index contributed by atoms with van der Waals surface area (Å²) in [5.74, 6) is -2.56. The van der Waals surface area contributed by atoms with E-state index < -0.39 is 50.2 Å². The fourth-order valence-electron chi connectivity index (χ4n) is 1.54. The van der Waals surface area contributed by atoms with E-state index in [1.807, 2.05) is 0 Å². The van der Waals surface area contributed by atoms with E-state index in [-0.39, 0.29) is 0 Å². The molecule has 2 amide bonds. The first-order valence-electron chi connectivity index (χ1n) is 7.56. The van der Waals surface area contributed by atoms with Crippen molar-refractivity contribution < 1.29 is 38.9 Å². The molecule has 0 atom stereocenters. The maximum Gasteiger partial charge on any atom is 0.332 e. The van der Waals surface area contributed by atoms with Crippen LogP contribution in [0.15, 0.2) is 0 Å². The summed E-state index contributed by atoms with van der Waals surface area (Å²) >= 11 is 0. The number of hydrogen-bond donors (Lipinski definition) is 4. The maximum absolute atomic E-state index is 11.2. The molecule has 0 aliphatic heterocycles. The van der Waals surface area contributed by atoms with Crippen molar-refractivity contribution in [1.82, 2.24) is 10.6 Å². The number of nitrogens with one attached hydrogen (secondary N) is 2. The van der Waals surface area contributed by atoms with Crippen LogP contribution in [-0.2, 0) is 28.7 Å². The monoisotopic (exact) mass is 348 g/mol. The van der Waals surface area contributed by atoms with Crippen molar-refractivity contribution in [2.45, 2.75) is 25.7 Å². The molecule has 0 fully saturated rings. The Hall–Kier alpha value is -2.20. The van der Waals surface area contributed by atoms with E-state index in [4.69, 9.17) is 10.2 Å². The highest BCUT2D eigenvalue weighted by Gasteiger charge is 2.06. The molecule has 0 aromatic heterocycles. The maximum atomic E-state index is 11.2. The lowest BCUT2D eigenvalue weighted by Crippen LogP contribution is -2.30. The van der Waals surface area contributed by atoms with Crippen molar-refractivity contribution in [3.63, 3.8) is 0 Å². The molecule has 138 valence electrons. The summed E-state index contributed by atoms with van der Waals surface area (Å²) in [6.45, 7) is -1.45. The lowest BCUT2D eigenvalue weighted by molar-refractivity contribution is -0.151. The van der Waals surface area contributed by atoms with Crippen molar-refractivity contribution in [1.29, 1.82) is 0 Å². The summed E-state index contributed by atoms with van der Waals surface area (Å²) in [7, 11) is 0. The average molecular weight is 348 g/mol. The van der Waals surface area contributed by atoms with Gasteiger partial charge in [0.15, 0.2) is 13.2 Å². The molecule has 0 radical (unpaired) electrons. The van der Waals surface area contributed by atoms with Crippen LogP contribution < -0.4 is 10.6 Å². The normalized spacial score (nSPS) is 9.92. The second-order valence-electron chi connectivity index (χ2n) is 4.75. The minimum atomic E-state index is -0.849. The van der Waals surface area contributed by atoms with Gasteiger partial charge in [0, 0.05) is 13.1 Å². The molecule has 24 heavy (non-hydrogen) atoms. The molecule has 0 bridgehead atoms. The quantitative estimate of drug-likeness (QED) is 0.217. The smallest absolute Gasteiger partial charge is 0.332 e. The number of aliphatic hydroxyl groups excluding tert-OH is 2. The summed E-state index contributed by atoms with van der Waals surface area (Å²) in [5.41, 5.74) is 0. The van der Waals surface area contributed by atoms with Gasteiger partial charge >= 0.3 is 11.9 Å². The third-order valence-corrected chi connectivity index (χ3v) is 2.73. The van der Waals surface area contributed by atoms with E-state index in [1.54, 1.807) is 0 Å². The van der Waals surface area contributed by atoms with E-state index >= 15 is 0 Å². The summed E-state index contributed by atoms with van der Waals surface area (Å²) in [6.07, 6.45) is 3.15. The van der Waals surface area contributed by atoms with Gasteiger partial charge in [-0.25, -0.2) is 9.59 Å². The second-order valence-corrected chi connectivity index (χ2v) is 4.75. The Balaban J connectivity index is 3.39. The van der Waals surface area contributed by atoms with Crippen molar-refractivity contribution >= 4 is 23.8 Å². The molecule has 0 spiro atoms. The highest BCUT2D eigenvalue weighted by Crippen LogP contribution is 1.97. The molecule has 0 aliphatic rings. The van der Waals surface area contributed by atoms with Crippen LogP contribution in [-0.4, -0.2) is 73.5 Å². The van der Waals surface area contributed by atoms with Crippen LogP contribution in [0.25, 0.3) is 0 Å². The van der Waals surface area contributed by atoms with Crippen LogP contribution in [0.3, 0.4) is 0 Å². The van der Waals surface area contributed by atoms with Gasteiger partial charge in [-0.1, -0.05) is 12.8 Å². The highest BCUT2D eigenvalue weighted by atomic mass is 16.6. The van der Waals surface area contributed by atoms with E-state index in [2.05, 4.69) is 20.1 Å². The first-order chi connectivity index (χ1) is 11.5. The van der Waals surface area contributed by atoms with Gasteiger partial charge in [0.2, 0.25) is 0 Å². The number of ether oxygens (including phenoxy) is 2. The van der Waals surface area contributed by atoms with Gasteiger partial charge in [-0.3, -0.25) is 9.59 Å². The molecule has 0 rings (SSSR count). The molecule has 0 unspecified atom stereocenters. The zero-order chi connectivity index (χ0) is 18.2. The molecule has 0 aromatic carbocycles. The van der Waals surface area contributed by atoms with Crippen LogP contribution in [0.1, 0.15) is 25.7 Å². The van der Waals surface area contributed by atoms with E-state index in [1.165, 1.54) is 0 Å². The second kappa shape index (κ2) is 14.4. The third kappa shape index (κ3) is 13.5. The minimum Gasteiger partial charge on any atom is -0.454 e. The molecule has 4 N–H and O–H groups in total. The Kier molecular flexibility index (Phi) is 13.1. The number of unbranched alkanes of at least 4 members (excludes halogenated alkanes) is 3. The zero-order valence-corrected chi connectivity index (χ0v) is 13.4. The zero-order valence-electron chi connectivity index (χ0n) is 13.4. The first kappa shape index (κ1) is 21.8. The third-order valence-electron chi connectivity index (χ3n) is 2.73. The summed E-state index contributed by atoms with van der Waals surface area (Å²) in [5, 5.41) is 21.9. The molecule has 0 saturated carbocycles. The van der Waals surface area contributed by atoms with Gasteiger partial charge in [-0.05, 0) is 12.8 Å². The molecular formula is C14H24N2O8. The highest BCUT2D eigenvalue weighted by molar-refractivity contribution is 5.81. The van der Waals surface area contributed by atoms with Gasteiger partial charge in [-0.2, -0.15) is 0 Å². The number of hydrogen-bond acceptors (Lipinski definition) is 8. The molecule has 0 aliphatic carbocycles. The Bertz CT molecular complexity index is 376. The SMILES string of the molecule is O=C(COC(=O)CO)NCCCCCCNC(=O)COC(=O)CO. The van der Waals surface area contributed by atoms with Crippen molar-refractivity contribution in [3.05, 3.63) is 0 Å². The summed E-state index contributed by atoms with van der Waals surface area (Å²) in [4.78, 5) is 43.7. The number of amides is 2. The van der Waals surface area contributed by atoms with Crippen LogP contribution in [0.5, 0.6) is 0 Å². The van der Waals surface area contributed by atoms with Gasteiger partial charge in [0.25, 0.3) is 11.8 Å². The minimum absolute atomic E-state index is 0.410. The lowest BCUT2D eigenvalue weighted by atomic mass is 10.2. The van der Waals surface area contributed by atoms with Crippen molar-refractivity contribution in [2.24, 2.45) is 0 Å². The van der Waals surface area contributed by atoms with Crippen LogP contribution in [0.2, 0.25) is 0 Å². The largest absolute Gasteiger partial charge is 0.454 e. The van der Waals surface area contributed by atoms with E-state index in [0.29, 0.717) is 13.1 Å². The number of carbonyl (C=O) groups excluding carboxylic acids is 4. The standard InChI is InChI=1S/C14H24N2O8/c17-7-13(21)23-9-11(19)15-5-3-1-2-4-6-16-12(20)10-24-14(22)8-18/h17-18H,1-10H2,(H,15,19)(H,16,20). The number of esters is 2. The van der Waals surface area contributed by atoms with Crippen LogP contribution >= 0.6 is 0 Å². The fourth-order valence-corrected chi connectivity index (χ4v) is 1.54. The van der Waals surface area contributed by atoms with Crippen LogP contribution in [0.4, 0.5) is 0 Å². The van der Waals surface area contributed by atoms with Gasteiger partial charge in [-0.15, -0.1) is 0 Å². The van der Waals surface area contributed by atoms with Crippen LogP contribution in [0, 0.1) is 0 Å². The Labute approximate surface area is 139 Å². The lowest BCUT2D eigenvalue weighted by Gasteiger charge is -2.07. The van der Waals surface area contributed by atoms with Gasteiger partial charge in [0.05, 0.1) is 0 Å². The summed E-state index contributed by atoms with van der Waals surface area (Å²) in [6, 6.07) is 0. The predicted molar refractivity (Wildman–Crippen MR) is 80.6 cm³/mol. The number of aliphatic hydroxyl groups is 2. The van der Waals surface area contributed by atoms with Crippen molar-refractivity contribution in [2.75, 3.05) is 39.5 Å². The van der Waals surface area contributed by atoms with Crippen molar-refractivity contribution in [3.8, 4) is 0 Å².